The van der Waals surface area contributed by atoms with Gasteiger partial charge in [0.1, 0.15) is 6.10 Å². The molecular formula is C10H14O3. The van der Waals surface area contributed by atoms with E-state index in [-0.39, 0.29) is 18.2 Å². The van der Waals surface area contributed by atoms with Crippen molar-refractivity contribution < 1.29 is 14.3 Å². The standard InChI is InChI=1S/C10H14O3/c1-6-5-7-8(12-2)3-4-9(7)13-10(6)11/h7-9H,1,3-5H2,2H3. The summed E-state index contributed by atoms with van der Waals surface area (Å²) >= 11 is 0. The summed E-state index contributed by atoms with van der Waals surface area (Å²) in [6, 6.07) is 0. The van der Waals surface area contributed by atoms with Crippen LogP contribution in [0.4, 0.5) is 0 Å². The molecule has 0 N–H and O–H groups in total. The van der Waals surface area contributed by atoms with Gasteiger partial charge in [0, 0.05) is 18.6 Å². The van der Waals surface area contributed by atoms with Crippen molar-refractivity contribution in [3.05, 3.63) is 12.2 Å². The van der Waals surface area contributed by atoms with Gasteiger partial charge in [-0.2, -0.15) is 0 Å². The Morgan fingerprint density at radius 2 is 2.31 bits per heavy atom. The molecule has 0 radical (unpaired) electrons. The van der Waals surface area contributed by atoms with Gasteiger partial charge in [0.15, 0.2) is 0 Å². The van der Waals surface area contributed by atoms with Gasteiger partial charge in [-0.15, -0.1) is 0 Å². The van der Waals surface area contributed by atoms with Crippen molar-refractivity contribution in [1.82, 2.24) is 0 Å². The van der Waals surface area contributed by atoms with E-state index in [1.807, 2.05) is 0 Å². The van der Waals surface area contributed by atoms with E-state index in [2.05, 4.69) is 6.58 Å². The molecule has 2 aliphatic rings. The fourth-order valence-electron chi connectivity index (χ4n) is 2.29. The highest BCUT2D eigenvalue weighted by Gasteiger charge is 2.42. The molecule has 1 aliphatic carbocycles. The zero-order valence-corrected chi connectivity index (χ0v) is 7.79. The van der Waals surface area contributed by atoms with Crippen molar-refractivity contribution in [1.29, 1.82) is 0 Å². The molecule has 3 heteroatoms. The third-order valence-corrected chi connectivity index (χ3v) is 3.02. The normalized spacial score (nSPS) is 38.7. The minimum Gasteiger partial charge on any atom is -0.459 e. The largest absolute Gasteiger partial charge is 0.459 e. The highest BCUT2D eigenvalue weighted by molar-refractivity contribution is 5.88. The Labute approximate surface area is 77.7 Å². The maximum Gasteiger partial charge on any atom is 0.333 e. The Bertz CT molecular complexity index is 247. The quantitative estimate of drug-likeness (QED) is 0.452. The molecule has 2 fully saturated rings. The van der Waals surface area contributed by atoms with Gasteiger partial charge in [0.05, 0.1) is 6.10 Å². The molecule has 3 unspecified atom stereocenters. The van der Waals surface area contributed by atoms with E-state index in [0.29, 0.717) is 11.5 Å². The van der Waals surface area contributed by atoms with Crippen LogP contribution in [0.15, 0.2) is 12.2 Å². The van der Waals surface area contributed by atoms with Crippen LogP contribution in [-0.2, 0) is 14.3 Å². The summed E-state index contributed by atoms with van der Waals surface area (Å²) in [5.74, 6) is 0.119. The number of methoxy groups -OCH3 is 1. The van der Waals surface area contributed by atoms with Crippen molar-refractivity contribution in [3.8, 4) is 0 Å². The summed E-state index contributed by atoms with van der Waals surface area (Å²) in [6.45, 7) is 3.69. The second-order valence-corrected chi connectivity index (χ2v) is 3.77. The SMILES string of the molecule is C=C1CC2C(OC)CCC2OC1=O. The summed E-state index contributed by atoms with van der Waals surface area (Å²) in [7, 11) is 1.71. The number of rotatable bonds is 1. The molecule has 72 valence electrons. The van der Waals surface area contributed by atoms with Gasteiger partial charge in [-0.25, -0.2) is 4.79 Å². The van der Waals surface area contributed by atoms with Gasteiger partial charge >= 0.3 is 5.97 Å². The van der Waals surface area contributed by atoms with Crippen molar-refractivity contribution in [3.63, 3.8) is 0 Å². The third kappa shape index (κ3) is 1.37. The summed E-state index contributed by atoms with van der Waals surface area (Å²) in [6.07, 6.45) is 2.98. The van der Waals surface area contributed by atoms with E-state index in [1.54, 1.807) is 7.11 Å². The van der Waals surface area contributed by atoms with Crippen LogP contribution in [-0.4, -0.2) is 25.3 Å². The Balaban J connectivity index is 2.11. The lowest BCUT2D eigenvalue weighted by Gasteiger charge is -2.29. The molecule has 2 rings (SSSR count). The summed E-state index contributed by atoms with van der Waals surface area (Å²) in [4.78, 5) is 11.2. The highest BCUT2D eigenvalue weighted by atomic mass is 16.5. The third-order valence-electron chi connectivity index (χ3n) is 3.02. The number of esters is 1. The number of ether oxygens (including phenoxy) is 2. The zero-order chi connectivity index (χ0) is 9.42. The van der Waals surface area contributed by atoms with Gasteiger partial charge in [0.2, 0.25) is 0 Å². The molecule has 0 aromatic carbocycles. The summed E-state index contributed by atoms with van der Waals surface area (Å²) < 4.78 is 10.6. The van der Waals surface area contributed by atoms with Crippen LogP contribution in [0, 0.1) is 5.92 Å². The minimum atomic E-state index is -0.224. The van der Waals surface area contributed by atoms with Crippen LogP contribution < -0.4 is 0 Å². The van der Waals surface area contributed by atoms with Gasteiger partial charge in [0.25, 0.3) is 0 Å². The van der Waals surface area contributed by atoms with Gasteiger partial charge < -0.3 is 9.47 Å². The predicted octanol–water partition coefficient (Wildman–Crippen LogP) is 1.28. The van der Waals surface area contributed by atoms with E-state index < -0.39 is 0 Å². The van der Waals surface area contributed by atoms with Gasteiger partial charge in [-0.3, -0.25) is 0 Å². The van der Waals surface area contributed by atoms with Crippen LogP contribution in [0.25, 0.3) is 0 Å². The lowest BCUT2D eigenvalue weighted by molar-refractivity contribution is -0.151. The fraction of sp³-hybridized carbons (Fsp3) is 0.700. The second-order valence-electron chi connectivity index (χ2n) is 3.77. The number of carbonyl (C=O) groups is 1. The van der Waals surface area contributed by atoms with Crippen LogP contribution in [0.2, 0.25) is 0 Å². The van der Waals surface area contributed by atoms with E-state index in [4.69, 9.17) is 9.47 Å². The van der Waals surface area contributed by atoms with Crippen LogP contribution >= 0.6 is 0 Å². The molecule has 1 saturated carbocycles. The molecule has 0 amide bonds. The van der Waals surface area contributed by atoms with E-state index in [1.165, 1.54) is 0 Å². The lowest BCUT2D eigenvalue weighted by atomic mass is 9.92. The first kappa shape index (κ1) is 8.75. The van der Waals surface area contributed by atoms with E-state index >= 15 is 0 Å². The second kappa shape index (κ2) is 3.14. The van der Waals surface area contributed by atoms with E-state index in [9.17, 15) is 4.79 Å². The van der Waals surface area contributed by atoms with Crippen LogP contribution in [0.5, 0.6) is 0 Å². The van der Waals surface area contributed by atoms with E-state index in [0.717, 1.165) is 19.3 Å². The maximum absolute atomic E-state index is 11.2. The minimum absolute atomic E-state index is 0.0722. The molecule has 1 saturated heterocycles. The smallest absolute Gasteiger partial charge is 0.333 e. The van der Waals surface area contributed by atoms with Crippen molar-refractivity contribution in [2.45, 2.75) is 31.5 Å². The molecule has 0 bridgehead atoms. The molecule has 0 spiro atoms. The molecule has 1 aliphatic heterocycles. The van der Waals surface area contributed by atoms with Crippen molar-refractivity contribution >= 4 is 5.97 Å². The van der Waals surface area contributed by atoms with Crippen molar-refractivity contribution in [2.75, 3.05) is 7.11 Å². The van der Waals surface area contributed by atoms with Crippen molar-refractivity contribution in [2.24, 2.45) is 5.92 Å². The Kier molecular flexibility index (Phi) is 2.12. The maximum atomic E-state index is 11.2. The molecule has 1 heterocycles. The Morgan fingerprint density at radius 3 is 3.00 bits per heavy atom. The first-order valence-electron chi connectivity index (χ1n) is 4.64. The Hall–Kier alpha value is -0.830. The monoisotopic (exact) mass is 182 g/mol. The first-order valence-corrected chi connectivity index (χ1v) is 4.64. The van der Waals surface area contributed by atoms with Gasteiger partial charge in [-0.1, -0.05) is 6.58 Å². The molecule has 0 aromatic rings. The average Bonchev–Trinajstić information content (AvgIpc) is 2.48. The predicted molar refractivity (Wildman–Crippen MR) is 47.2 cm³/mol. The van der Waals surface area contributed by atoms with Gasteiger partial charge in [-0.05, 0) is 19.3 Å². The summed E-state index contributed by atoms with van der Waals surface area (Å²) in [5, 5.41) is 0. The summed E-state index contributed by atoms with van der Waals surface area (Å²) in [5.41, 5.74) is 0.588. The number of hydrogen-bond acceptors (Lipinski definition) is 3. The Morgan fingerprint density at radius 1 is 1.54 bits per heavy atom. The molecule has 3 nitrogen and oxygen atoms in total. The lowest BCUT2D eigenvalue weighted by Crippen LogP contribution is -2.34. The highest BCUT2D eigenvalue weighted by Crippen LogP contribution is 2.38. The van der Waals surface area contributed by atoms with Crippen LogP contribution in [0.1, 0.15) is 19.3 Å². The average molecular weight is 182 g/mol. The fourth-order valence-corrected chi connectivity index (χ4v) is 2.29. The molecular weight excluding hydrogens is 168 g/mol. The first-order chi connectivity index (χ1) is 6.22. The number of fused-ring (bicyclic) bond motifs is 1. The molecule has 0 aromatic heterocycles. The molecule has 13 heavy (non-hydrogen) atoms. The molecule has 3 atom stereocenters. The number of hydrogen-bond donors (Lipinski definition) is 0. The zero-order valence-electron chi connectivity index (χ0n) is 7.79. The topological polar surface area (TPSA) is 35.5 Å². The van der Waals surface area contributed by atoms with Crippen LogP contribution in [0.3, 0.4) is 0 Å². The number of carbonyl (C=O) groups excluding carboxylic acids is 1.